The van der Waals surface area contributed by atoms with E-state index in [1.54, 1.807) is 13.2 Å². The number of halogens is 2. The lowest BCUT2D eigenvalue weighted by Gasteiger charge is -1.98. The molecule has 1 amide bonds. The van der Waals surface area contributed by atoms with Crippen molar-refractivity contribution < 1.29 is 13.9 Å². The Hall–Kier alpha value is -2.22. The Labute approximate surface area is 154 Å². The number of hydrogen-bond acceptors (Lipinski definition) is 5. The van der Waals surface area contributed by atoms with E-state index in [2.05, 4.69) is 10.3 Å². The maximum Gasteiger partial charge on any atom is 0.269 e. The first kappa shape index (κ1) is 16.3. The number of ether oxygens (including phenoxy) is 1. The van der Waals surface area contributed by atoms with Gasteiger partial charge in [0.1, 0.15) is 16.4 Å². The lowest BCUT2D eigenvalue weighted by Crippen LogP contribution is -2.10. The Morgan fingerprint density at radius 2 is 2.04 bits per heavy atom. The minimum absolute atomic E-state index is 0.320. The number of hydrogen-bond donors (Lipinski definition) is 1. The van der Waals surface area contributed by atoms with E-state index in [1.807, 2.05) is 18.2 Å². The molecule has 8 heteroatoms. The highest BCUT2D eigenvalue weighted by atomic mass is 35.5. The number of carbonyl (C=O) groups excluding carboxylic acids is 1. The van der Waals surface area contributed by atoms with Crippen LogP contribution < -0.4 is 10.1 Å². The third kappa shape index (κ3) is 2.95. The molecule has 0 aliphatic rings. The van der Waals surface area contributed by atoms with Gasteiger partial charge in [0, 0.05) is 10.1 Å². The van der Waals surface area contributed by atoms with E-state index >= 15 is 0 Å². The van der Waals surface area contributed by atoms with Crippen molar-refractivity contribution in [3.63, 3.8) is 0 Å². The minimum Gasteiger partial charge on any atom is -0.497 e. The fourth-order valence-corrected chi connectivity index (χ4v) is 4.75. The molecule has 0 aliphatic heterocycles. The van der Waals surface area contributed by atoms with Gasteiger partial charge >= 0.3 is 0 Å². The Balaban J connectivity index is 1.66. The summed E-state index contributed by atoms with van der Waals surface area (Å²) in [6.07, 6.45) is 0. The molecule has 0 spiro atoms. The van der Waals surface area contributed by atoms with Gasteiger partial charge in [-0.15, -0.1) is 11.3 Å². The second-order valence-electron chi connectivity index (χ2n) is 5.19. The molecular weight excluding hydrogens is 383 g/mol. The quantitative estimate of drug-likeness (QED) is 0.496. The van der Waals surface area contributed by atoms with Crippen LogP contribution in [-0.4, -0.2) is 18.0 Å². The predicted octanol–water partition coefficient (Wildman–Crippen LogP) is 5.56. The molecule has 4 aromatic rings. The summed E-state index contributed by atoms with van der Waals surface area (Å²) in [6.45, 7) is 0. The molecule has 0 unspecified atom stereocenters. The van der Waals surface area contributed by atoms with Crippen LogP contribution in [0.4, 0.5) is 9.52 Å². The van der Waals surface area contributed by atoms with Crippen molar-refractivity contribution in [3.8, 4) is 5.75 Å². The van der Waals surface area contributed by atoms with E-state index in [4.69, 9.17) is 16.3 Å². The van der Waals surface area contributed by atoms with Crippen LogP contribution in [0.25, 0.3) is 20.3 Å². The molecule has 4 rings (SSSR count). The average Bonchev–Trinajstić information content (AvgIpc) is 3.14. The van der Waals surface area contributed by atoms with Gasteiger partial charge < -0.3 is 4.74 Å². The summed E-state index contributed by atoms with van der Waals surface area (Å²) in [6, 6.07) is 9.76. The third-order valence-electron chi connectivity index (χ3n) is 3.61. The highest BCUT2D eigenvalue weighted by molar-refractivity contribution is 7.23. The fourth-order valence-electron chi connectivity index (χ4n) is 2.42. The number of nitrogens with zero attached hydrogens (tertiary/aromatic N) is 1. The highest BCUT2D eigenvalue weighted by Crippen LogP contribution is 2.37. The van der Waals surface area contributed by atoms with Crippen molar-refractivity contribution >= 4 is 65.6 Å². The molecule has 2 heterocycles. The maximum atomic E-state index is 13.4. The largest absolute Gasteiger partial charge is 0.497 e. The summed E-state index contributed by atoms with van der Waals surface area (Å²) in [5.74, 6) is -0.00118. The second kappa shape index (κ2) is 6.25. The average molecular weight is 393 g/mol. The summed E-state index contributed by atoms with van der Waals surface area (Å²) >= 11 is 8.78. The number of benzene rings is 2. The number of nitrogens with one attached hydrogen (secondary N) is 1. The molecule has 0 radical (unpaired) electrons. The zero-order valence-corrected chi connectivity index (χ0v) is 15.2. The number of methoxy groups -OCH3 is 1. The Morgan fingerprint density at radius 3 is 2.84 bits per heavy atom. The first-order valence-electron chi connectivity index (χ1n) is 7.18. The number of thiazole rings is 1. The molecule has 0 atom stereocenters. The van der Waals surface area contributed by atoms with Crippen molar-refractivity contribution in [1.82, 2.24) is 4.98 Å². The van der Waals surface area contributed by atoms with Crippen molar-refractivity contribution in [2.24, 2.45) is 0 Å². The predicted molar refractivity (Wildman–Crippen MR) is 101 cm³/mol. The number of rotatable bonds is 3. The van der Waals surface area contributed by atoms with Gasteiger partial charge in [-0.2, -0.15) is 0 Å². The number of aromatic nitrogens is 1. The van der Waals surface area contributed by atoms with Gasteiger partial charge in [0.05, 0.1) is 22.3 Å². The van der Waals surface area contributed by atoms with Gasteiger partial charge in [0.25, 0.3) is 5.91 Å². The Morgan fingerprint density at radius 1 is 1.20 bits per heavy atom. The van der Waals surface area contributed by atoms with Gasteiger partial charge in [-0.3, -0.25) is 10.1 Å². The van der Waals surface area contributed by atoms with Crippen LogP contribution in [0.2, 0.25) is 5.02 Å². The highest BCUT2D eigenvalue weighted by Gasteiger charge is 2.19. The van der Waals surface area contributed by atoms with Gasteiger partial charge in [-0.1, -0.05) is 22.9 Å². The summed E-state index contributed by atoms with van der Waals surface area (Å²) in [7, 11) is 1.59. The van der Waals surface area contributed by atoms with Crippen LogP contribution in [0.5, 0.6) is 5.75 Å². The van der Waals surface area contributed by atoms with E-state index in [0.717, 1.165) is 27.3 Å². The van der Waals surface area contributed by atoms with E-state index in [1.165, 1.54) is 23.5 Å². The number of fused-ring (bicyclic) bond motifs is 2. The summed E-state index contributed by atoms with van der Waals surface area (Å²) < 4.78 is 20.1. The van der Waals surface area contributed by atoms with Crippen LogP contribution in [0, 0.1) is 5.82 Å². The monoisotopic (exact) mass is 392 g/mol. The van der Waals surface area contributed by atoms with Gasteiger partial charge in [0.2, 0.25) is 0 Å². The van der Waals surface area contributed by atoms with E-state index in [0.29, 0.717) is 25.1 Å². The van der Waals surface area contributed by atoms with E-state index in [9.17, 15) is 9.18 Å². The first-order chi connectivity index (χ1) is 12.0. The van der Waals surface area contributed by atoms with E-state index in [-0.39, 0.29) is 11.7 Å². The molecule has 0 fully saturated rings. The minimum atomic E-state index is -0.363. The smallest absolute Gasteiger partial charge is 0.269 e. The topological polar surface area (TPSA) is 51.2 Å². The lowest BCUT2D eigenvalue weighted by atomic mass is 10.2. The van der Waals surface area contributed by atoms with Crippen molar-refractivity contribution in [2.45, 2.75) is 0 Å². The standard InChI is InChI=1S/C17H10ClFN2O2S2/c1-23-9-3-5-11-13(7-9)25-17(20-11)21-16(22)15-14(18)10-4-2-8(19)6-12(10)24-15/h2-7H,1H3,(H,20,21,22). The molecule has 126 valence electrons. The molecule has 25 heavy (non-hydrogen) atoms. The van der Waals surface area contributed by atoms with Gasteiger partial charge in [-0.05, 0) is 36.4 Å². The Kier molecular flexibility index (Phi) is 4.07. The third-order valence-corrected chi connectivity index (χ3v) is 6.20. The molecule has 0 aliphatic carbocycles. The fraction of sp³-hybridized carbons (Fsp3) is 0.0588. The number of thiophene rings is 1. The van der Waals surface area contributed by atoms with Crippen LogP contribution in [0.1, 0.15) is 9.67 Å². The van der Waals surface area contributed by atoms with Crippen molar-refractivity contribution in [1.29, 1.82) is 0 Å². The SMILES string of the molecule is COc1ccc2nc(NC(=O)c3sc4cc(F)ccc4c3Cl)sc2c1. The molecule has 0 bridgehead atoms. The molecule has 1 N–H and O–H groups in total. The zero-order chi connectivity index (χ0) is 17.6. The van der Waals surface area contributed by atoms with Crippen LogP contribution in [-0.2, 0) is 0 Å². The number of carbonyl (C=O) groups is 1. The summed E-state index contributed by atoms with van der Waals surface area (Å²) in [4.78, 5) is 17.3. The molecule has 0 saturated carbocycles. The van der Waals surface area contributed by atoms with Crippen molar-refractivity contribution in [2.75, 3.05) is 12.4 Å². The van der Waals surface area contributed by atoms with Crippen LogP contribution >= 0.6 is 34.3 Å². The first-order valence-corrected chi connectivity index (χ1v) is 9.20. The van der Waals surface area contributed by atoms with Crippen LogP contribution in [0.15, 0.2) is 36.4 Å². The van der Waals surface area contributed by atoms with Crippen molar-refractivity contribution in [3.05, 3.63) is 52.1 Å². The maximum absolute atomic E-state index is 13.4. The summed E-state index contributed by atoms with van der Waals surface area (Å²) in [5.41, 5.74) is 0.769. The second-order valence-corrected chi connectivity index (χ2v) is 7.65. The lowest BCUT2D eigenvalue weighted by molar-refractivity contribution is 0.103. The molecule has 4 nitrogen and oxygen atoms in total. The van der Waals surface area contributed by atoms with Gasteiger partial charge in [-0.25, -0.2) is 9.37 Å². The Bertz CT molecular complexity index is 1120. The molecule has 2 aromatic heterocycles. The summed E-state index contributed by atoms with van der Waals surface area (Å²) in [5, 5.41) is 4.21. The van der Waals surface area contributed by atoms with E-state index < -0.39 is 0 Å². The molecule has 0 saturated heterocycles. The zero-order valence-electron chi connectivity index (χ0n) is 12.8. The molecule has 2 aromatic carbocycles. The molecular formula is C17H10ClFN2O2S2. The normalized spacial score (nSPS) is 11.2. The number of amides is 1. The number of anilines is 1. The van der Waals surface area contributed by atoms with Gasteiger partial charge in [0.15, 0.2) is 5.13 Å². The van der Waals surface area contributed by atoms with Crippen LogP contribution in [0.3, 0.4) is 0 Å².